The van der Waals surface area contributed by atoms with Crippen molar-refractivity contribution in [2.75, 3.05) is 10.8 Å². The number of rotatable bonds is 10. The van der Waals surface area contributed by atoms with E-state index in [4.69, 9.17) is 23.2 Å². The van der Waals surface area contributed by atoms with Gasteiger partial charge in [-0.1, -0.05) is 77.5 Å². The molecule has 224 valence electrons. The number of nitrogens with one attached hydrogen (secondary N) is 1. The summed E-state index contributed by atoms with van der Waals surface area (Å²) >= 11 is 12.4. The van der Waals surface area contributed by atoms with Crippen molar-refractivity contribution in [3.63, 3.8) is 0 Å². The van der Waals surface area contributed by atoms with Crippen molar-refractivity contribution in [1.82, 2.24) is 10.2 Å². The number of anilines is 1. The number of aryl methyl sites for hydroxylation is 3. The molecule has 10 heteroatoms. The van der Waals surface area contributed by atoms with Crippen LogP contribution in [0.4, 0.5) is 5.69 Å². The van der Waals surface area contributed by atoms with Gasteiger partial charge < -0.3 is 10.2 Å². The van der Waals surface area contributed by atoms with Gasteiger partial charge in [0, 0.05) is 12.6 Å². The summed E-state index contributed by atoms with van der Waals surface area (Å²) in [4.78, 5) is 29.0. The summed E-state index contributed by atoms with van der Waals surface area (Å²) in [7, 11) is -4.14. The van der Waals surface area contributed by atoms with E-state index >= 15 is 0 Å². The molecule has 2 amide bonds. The Morgan fingerprint density at radius 3 is 2.17 bits per heavy atom. The molecule has 1 fully saturated rings. The van der Waals surface area contributed by atoms with Crippen LogP contribution in [0.3, 0.4) is 0 Å². The molecule has 4 rings (SSSR count). The van der Waals surface area contributed by atoms with Crippen molar-refractivity contribution in [1.29, 1.82) is 0 Å². The molecule has 1 N–H and O–H groups in total. The summed E-state index contributed by atoms with van der Waals surface area (Å²) in [5.41, 5.74) is 3.65. The first-order valence-corrected chi connectivity index (χ1v) is 16.3. The molecular weight excluding hydrogens is 593 g/mol. The van der Waals surface area contributed by atoms with Gasteiger partial charge >= 0.3 is 0 Å². The zero-order valence-corrected chi connectivity index (χ0v) is 26.7. The molecule has 0 aliphatic heterocycles. The van der Waals surface area contributed by atoms with Gasteiger partial charge in [-0.3, -0.25) is 13.9 Å². The Labute approximate surface area is 258 Å². The number of carbonyl (C=O) groups excluding carboxylic acids is 2. The van der Waals surface area contributed by atoms with E-state index in [2.05, 4.69) is 5.32 Å². The molecule has 0 saturated heterocycles. The fourth-order valence-electron chi connectivity index (χ4n) is 5.25. The van der Waals surface area contributed by atoms with Crippen LogP contribution in [0.1, 0.15) is 54.9 Å². The Balaban J connectivity index is 1.72. The highest BCUT2D eigenvalue weighted by atomic mass is 35.5. The van der Waals surface area contributed by atoms with Gasteiger partial charge in [-0.25, -0.2) is 8.42 Å². The van der Waals surface area contributed by atoms with Crippen molar-refractivity contribution in [3.8, 4) is 0 Å². The van der Waals surface area contributed by atoms with Crippen LogP contribution in [-0.4, -0.2) is 43.8 Å². The molecule has 1 atom stereocenters. The van der Waals surface area contributed by atoms with Crippen molar-refractivity contribution in [2.24, 2.45) is 0 Å². The molecule has 1 saturated carbocycles. The first-order valence-electron chi connectivity index (χ1n) is 14.1. The van der Waals surface area contributed by atoms with Crippen LogP contribution in [0.5, 0.6) is 0 Å². The molecule has 0 radical (unpaired) electrons. The van der Waals surface area contributed by atoms with E-state index < -0.39 is 28.5 Å². The third-order valence-corrected chi connectivity index (χ3v) is 10.2. The van der Waals surface area contributed by atoms with Crippen molar-refractivity contribution < 1.29 is 18.0 Å². The zero-order chi connectivity index (χ0) is 30.6. The van der Waals surface area contributed by atoms with E-state index in [1.165, 1.54) is 17.0 Å². The lowest BCUT2D eigenvalue weighted by atomic mass is 10.1. The fraction of sp³-hybridized carbons (Fsp3) is 0.375. The van der Waals surface area contributed by atoms with Crippen LogP contribution < -0.4 is 9.62 Å². The van der Waals surface area contributed by atoms with Crippen LogP contribution in [0, 0.1) is 20.8 Å². The van der Waals surface area contributed by atoms with Crippen LogP contribution in [0.2, 0.25) is 10.0 Å². The molecule has 1 aliphatic carbocycles. The SMILES string of the molecule is Cc1ccc(S(=O)(=O)N(CC(=O)N(Cc2ccc(Cl)c(Cl)c2)[C@H](C)C(=O)NC2CCCC2)c2ccc(C)cc2C)cc1. The average molecular weight is 631 g/mol. The minimum absolute atomic E-state index is 0.0419. The fourth-order valence-corrected chi connectivity index (χ4v) is 7.04. The van der Waals surface area contributed by atoms with Gasteiger partial charge in [0.25, 0.3) is 10.0 Å². The highest BCUT2D eigenvalue weighted by molar-refractivity contribution is 7.92. The number of hydrogen-bond acceptors (Lipinski definition) is 4. The van der Waals surface area contributed by atoms with E-state index in [0.29, 0.717) is 26.9 Å². The number of sulfonamides is 1. The predicted molar refractivity (Wildman–Crippen MR) is 168 cm³/mol. The molecule has 0 heterocycles. The van der Waals surface area contributed by atoms with Crippen molar-refractivity contribution >= 4 is 50.7 Å². The van der Waals surface area contributed by atoms with Gasteiger partial charge in [-0.05, 0) is 82.0 Å². The van der Waals surface area contributed by atoms with Gasteiger partial charge in [-0.2, -0.15) is 0 Å². The van der Waals surface area contributed by atoms with Crippen molar-refractivity contribution in [2.45, 2.75) is 76.9 Å². The molecule has 0 bridgehead atoms. The Morgan fingerprint density at radius 1 is 0.905 bits per heavy atom. The van der Waals surface area contributed by atoms with E-state index in [1.807, 2.05) is 32.9 Å². The number of nitrogens with zero attached hydrogens (tertiary/aromatic N) is 2. The Bertz CT molecular complexity index is 1550. The lowest BCUT2D eigenvalue weighted by molar-refractivity contribution is -0.139. The Hall–Kier alpha value is -3.07. The van der Waals surface area contributed by atoms with Crippen LogP contribution in [0.15, 0.2) is 65.6 Å². The Kier molecular flexibility index (Phi) is 10.2. The molecular formula is C32H37Cl2N3O4S. The topological polar surface area (TPSA) is 86.8 Å². The van der Waals surface area contributed by atoms with Gasteiger partial charge in [-0.15, -0.1) is 0 Å². The van der Waals surface area contributed by atoms with Gasteiger partial charge in [0.15, 0.2) is 0 Å². The maximum Gasteiger partial charge on any atom is 0.264 e. The molecule has 3 aromatic carbocycles. The second-order valence-corrected chi connectivity index (χ2v) is 13.7. The normalized spacial score (nSPS) is 14.4. The summed E-state index contributed by atoms with van der Waals surface area (Å²) in [6.45, 7) is 6.82. The predicted octanol–water partition coefficient (Wildman–Crippen LogP) is 6.59. The Morgan fingerprint density at radius 2 is 1.55 bits per heavy atom. The minimum Gasteiger partial charge on any atom is -0.352 e. The van der Waals surface area contributed by atoms with Crippen LogP contribution in [0.25, 0.3) is 0 Å². The molecule has 1 aliphatic rings. The second kappa shape index (κ2) is 13.5. The maximum absolute atomic E-state index is 14.2. The summed E-state index contributed by atoms with van der Waals surface area (Å²) in [6.07, 6.45) is 3.89. The number of hydrogen-bond donors (Lipinski definition) is 1. The largest absolute Gasteiger partial charge is 0.352 e. The van der Waals surface area contributed by atoms with Gasteiger partial charge in [0.05, 0.1) is 20.6 Å². The summed E-state index contributed by atoms with van der Waals surface area (Å²) in [5.74, 6) is -0.805. The van der Waals surface area contributed by atoms with Crippen LogP contribution in [-0.2, 0) is 26.2 Å². The number of amides is 2. The molecule has 0 spiro atoms. The average Bonchev–Trinajstić information content (AvgIpc) is 3.45. The van der Waals surface area contributed by atoms with Gasteiger partial charge in [0.2, 0.25) is 11.8 Å². The van der Waals surface area contributed by atoms with E-state index in [1.54, 1.807) is 43.3 Å². The van der Waals surface area contributed by atoms with Gasteiger partial charge in [0.1, 0.15) is 12.6 Å². The van der Waals surface area contributed by atoms with E-state index in [0.717, 1.165) is 41.1 Å². The zero-order valence-electron chi connectivity index (χ0n) is 24.4. The highest BCUT2D eigenvalue weighted by Gasteiger charge is 2.34. The standard InChI is InChI=1S/C32H37Cl2N3O4S/c1-21-9-13-27(14-10-21)42(40,41)37(30-16-11-22(2)17-23(30)3)20-31(38)36(19-25-12-15-28(33)29(34)18-25)24(4)32(39)35-26-7-5-6-8-26/h9-18,24,26H,5-8,19-20H2,1-4H3,(H,35,39)/t24-/m1/s1. The monoisotopic (exact) mass is 629 g/mol. The molecule has 0 aromatic heterocycles. The van der Waals surface area contributed by atoms with E-state index in [-0.39, 0.29) is 23.4 Å². The first-order chi connectivity index (χ1) is 19.9. The number of carbonyl (C=O) groups is 2. The smallest absolute Gasteiger partial charge is 0.264 e. The number of halogens is 2. The third kappa shape index (κ3) is 7.46. The highest BCUT2D eigenvalue weighted by Crippen LogP contribution is 2.29. The molecule has 7 nitrogen and oxygen atoms in total. The van der Waals surface area contributed by atoms with Crippen molar-refractivity contribution in [3.05, 3.63) is 93.0 Å². The summed E-state index contributed by atoms with van der Waals surface area (Å²) in [5, 5.41) is 3.76. The lowest BCUT2D eigenvalue weighted by Crippen LogP contribution is -2.52. The molecule has 42 heavy (non-hydrogen) atoms. The summed E-state index contributed by atoms with van der Waals surface area (Å²) < 4.78 is 29.3. The quantitative estimate of drug-likeness (QED) is 0.274. The minimum atomic E-state index is -4.14. The first kappa shape index (κ1) is 31.9. The lowest BCUT2D eigenvalue weighted by Gasteiger charge is -2.33. The maximum atomic E-state index is 14.2. The second-order valence-electron chi connectivity index (χ2n) is 11.1. The van der Waals surface area contributed by atoms with Crippen LogP contribution >= 0.6 is 23.2 Å². The third-order valence-electron chi connectivity index (χ3n) is 7.71. The molecule has 3 aromatic rings. The summed E-state index contributed by atoms with van der Waals surface area (Å²) in [6, 6.07) is 16.1. The molecule has 0 unspecified atom stereocenters. The van der Waals surface area contributed by atoms with E-state index in [9.17, 15) is 18.0 Å². The number of benzene rings is 3.